The summed E-state index contributed by atoms with van der Waals surface area (Å²) in [6.45, 7) is 2.54. The molecule has 1 aliphatic rings. The van der Waals surface area contributed by atoms with Crippen LogP contribution in [0.25, 0.3) is 0 Å². The van der Waals surface area contributed by atoms with Crippen molar-refractivity contribution in [1.29, 1.82) is 0 Å². The van der Waals surface area contributed by atoms with Gasteiger partial charge in [0.05, 0.1) is 7.11 Å². The highest BCUT2D eigenvalue weighted by Crippen LogP contribution is 2.30. The van der Waals surface area contributed by atoms with Gasteiger partial charge in [0.2, 0.25) is 0 Å². The Hall–Kier alpha value is -2.28. The van der Waals surface area contributed by atoms with Crippen molar-refractivity contribution in [3.05, 3.63) is 23.8 Å². The van der Waals surface area contributed by atoms with Gasteiger partial charge in [0, 0.05) is 31.2 Å². The molecule has 25 heavy (non-hydrogen) atoms. The molecule has 2 atom stereocenters. The zero-order chi connectivity index (χ0) is 18.4. The van der Waals surface area contributed by atoms with E-state index in [0.29, 0.717) is 23.6 Å². The Morgan fingerprint density at radius 2 is 2.12 bits per heavy atom. The second-order valence-corrected chi connectivity index (χ2v) is 6.25. The molecule has 1 saturated heterocycles. The molecular formula is C18H27N3O4. The van der Waals surface area contributed by atoms with Crippen LogP contribution < -0.4 is 20.5 Å². The maximum absolute atomic E-state index is 12.9. The number of likely N-dealkylation sites (N-methyl/N-ethyl adjacent to an activating group) is 1. The number of carbonyl (C=O) groups is 2. The number of nitrogens with two attached hydrogens (primary N) is 1. The van der Waals surface area contributed by atoms with Crippen LogP contribution in [0.2, 0.25) is 0 Å². The quantitative estimate of drug-likeness (QED) is 0.804. The average molecular weight is 349 g/mol. The third kappa shape index (κ3) is 4.63. The van der Waals surface area contributed by atoms with E-state index in [0.717, 1.165) is 19.3 Å². The lowest BCUT2D eigenvalue weighted by atomic mass is 9.96. The number of nitrogens with one attached hydrogen (secondary N) is 1. The fourth-order valence-electron chi connectivity index (χ4n) is 3.06. The number of hydrogen-bond acceptors (Lipinski definition) is 5. The second-order valence-electron chi connectivity index (χ2n) is 6.25. The van der Waals surface area contributed by atoms with Gasteiger partial charge in [-0.25, -0.2) is 0 Å². The van der Waals surface area contributed by atoms with E-state index < -0.39 is 0 Å². The summed E-state index contributed by atoms with van der Waals surface area (Å²) >= 11 is 0. The number of amides is 2. The maximum Gasteiger partial charge on any atom is 0.257 e. The van der Waals surface area contributed by atoms with Crippen LogP contribution in [0.15, 0.2) is 18.2 Å². The number of benzene rings is 1. The zero-order valence-electron chi connectivity index (χ0n) is 15.1. The minimum absolute atomic E-state index is 0.0522. The van der Waals surface area contributed by atoms with E-state index in [9.17, 15) is 9.59 Å². The van der Waals surface area contributed by atoms with Crippen molar-refractivity contribution in [2.45, 2.75) is 38.3 Å². The molecule has 1 aromatic rings. The third-order valence-corrected chi connectivity index (χ3v) is 4.47. The number of piperidine rings is 1. The van der Waals surface area contributed by atoms with Gasteiger partial charge in [-0.05, 0) is 44.4 Å². The van der Waals surface area contributed by atoms with Crippen LogP contribution in [0.5, 0.6) is 11.5 Å². The highest BCUT2D eigenvalue weighted by atomic mass is 16.5. The van der Waals surface area contributed by atoms with Crippen molar-refractivity contribution in [2.75, 3.05) is 27.3 Å². The maximum atomic E-state index is 12.9. The first-order valence-electron chi connectivity index (χ1n) is 8.56. The molecule has 0 radical (unpaired) electrons. The van der Waals surface area contributed by atoms with Crippen LogP contribution in [-0.2, 0) is 4.79 Å². The van der Waals surface area contributed by atoms with Crippen LogP contribution in [0, 0.1) is 0 Å². The molecule has 1 aliphatic heterocycles. The molecule has 0 bridgehead atoms. The fraction of sp³-hybridized carbons (Fsp3) is 0.556. The second kappa shape index (κ2) is 8.71. The molecule has 7 heteroatoms. The first kappa shape index (κ1) is 19.1. The van der Waals surface area contributed by atoms with Gasteiger partial charge < -0.3 is 25.4 Å². The molecule has 1 fully saturated rings. The molecule has 0 saturated carbocycles. The van der Waals surface area contributed by atoms with Gasteiger partial charge in [-0.3, -0.25) is 9.59 Å². The number of methoxy groups -OCH3 is 1. The number of likely N-dealkylation sites (tertiary alicyclic amines) is 1. The monoisotopic (exact) mass is 349 g/mol. The molecule has 138 valence electrons. The largest absolute Gasteiger partial charge is 0.493 e. The highest BCUT2D eigenvalue weighted by Gasteiger charge is 2.30. The van der Waals surface area contributed by atoms with Gasteiger partial charge in [-0.2, -0.15) is 0 Å². The van der Waals surface area contributed by atoms with Crippen molar-refractivity contribution in [3.63, 3.8) is 0 Å². The van der Waals surface area contributed by atoms with Crippen molar-refractivity contribution in [2.24, 2.45) is 5.73 Å². The van der Waals surface area contributed by atoms with Crippen LogP contribution in [0.1, 0.15) is 36.5 Å². The van der Waals surface area contributed by atoms with Crippen molar-refractivity contribution < 1.29 is 19.1 Å². The minimum atomic E-state index is -0.240. The van der Waals surface area contributed by atoms with E-state index in [2.05, 4.69) is 5.32 Å². The van der Waals surface area contributed by atoms with Crippen molar-refractivity contribution in [3.8, 4) is 11.5 Å². The standard InChI is InChI=1S/C18H27N3O4/c1-12(19)14-6-4-5-9-21(14)18(23)13-7-8-15(16(10-13)24-3)25-11-17(22)20-2/h7-8,10,12,14H,4-6,9,11,19H2,1-3H3,(H,20,22)/t12-,14-/m0/s1. The number of rotatable bonds is 6. The van der Waals surface area contributed by atoms with Crippen LogP contribution in [0.3, 0.4) is 0 Å². The van der Waals surface area contributed by atoms with E-state index in [-0.39, 0.29) is 30.5 Å². The highest BCUT2D eigenvalue weighted by molar-refractivity contribution is 5.95. The summed E-state index contributed by atoms with van der Waals surface area (Å²) in [5, 5.41) is 2.48. The van der Waals surface area contributed by atoms with Gasteiger partial charge in [0.1, 0.15) is 0 Å². The number of carbonyl (C=O) groups excluding carboxylic acids is 2. The van der Waals surface area contributed by atoms with Gasteiger partial charge in [-0.1, -0.05) is 0 Å². The molecule has 0 spiro atoms. The summed E-state index contributed by atoms with van der Waals surface area (Å²) in [5.41, 5.74) is 6.58. The molecule has 0 aliphatic carbocycles. The van der Waals surface area contributed by atoms with Crippen LogP contribution >= 0.6 is 0 Å². The average Bonchev–Trinajstić information content (AvgIpc) is 2.65. The van der Waals surface area contributed by atoms with Gasteiger partial charge in [0.25, 0.3) is 11.8 Å². The Morgan fingerprint density at radius 3 is 2.76 bits per heavy atom. The Labute approximate surface area is 148 Å². The Balaban J connectivity index is 2.18. The Bertz CT molecular complexity index is 618. The summed E-state index contributed by atoms with van der Waals surface area (Å²) in [6.07, 6.45) is 3.00. The SMILES string of the molecule is CNC(=O)COc1ccc(C(=O)N2CCCC[C@H]2[C@H](C)N)cc1OC. The molecule has 2 amide bonds. The van der Waals surface area contributed by atoms with E-state index in [1.165, 1.54) is 14.2 Å². The summed E-state index contributed by atoms with van der Waals surface area (Å²) in [7, 11) is 3.04. The first-order chi connectivity index (χ1) is 12.0. The van der Waals surface area contributed by atoms with E-state index in [4.69, 9.17) is 15.2 Å². The number of ether oxygens (including phenoxy) is 2. The molecule has 2 rings (SSSR count). The summed E-state index contributed by atoms with van der Waals surface area (Å²) in [6, 6.07) is 4.98. The zero-order valence-corrected chi connectivity index (χ0v) is 15.1. The Morgan fingerprint density at radius 1 is 1.36 bits per heavy atom. The number of nitrogens with zero attached hydrogens (tertiary/aromatic N) is 1. The number of hydrogen-bond donors (Lipinski definition) is 2. The first-order valence-corrected chi connectivity index (χ1v) is 8.56. The van der Waals surface area contributed by atoms with Crippen molar-refractivity contribution in [1.82, 2.24) is 10.2 Å². The predicted octanol–water partition coefficient (Wildman–Crippen LogP) is 1.16. The van der Waals surface area contributed by atoms with E-state index in [1.807, 2.05) is 11.8 Å². The summed E-state index contributed by atoms with van der Waals surface area (Å²) < 4.78 is 10.7. The molecule has 0 aromatic heterocycles. The lowest BCUT2D eigenvalue weighted by Crippen LogP contribution is -2.51. The van der Waals surface area contributed by atoms with Crippen molar-refractivity contribution >= 4 is 11.8 Å². The molecule has 7 nitrogen and oxygen atoms in total. The summed E-state index contributed by atoms with van der Waals surface area (Å²) in [5.74, 6) is 0.544. The Kier molecular flexibility index (Phi) is 6.64. The van der Waals surface area contributed by atoms with Crippen LogP contribution in [0.4, 0.5) is 0 Å². The molecule has 1 heterocycles. The summed E-state index contributed by atoms with van der Waals surface area (Å²) in [4.78, 5) is 26.1. The topological polar surface area (TPSA) is 93.9 Å². The lowest BCUT2D eigenvalue weighted by molar-refractivity contribution is -0.122. The van der Waals surface area contributed by atoms with E-state index in [1.54, 1.807) is 18.2 Å². The fourth-order valence-corrected chi connectivity index (χ4v) is 3.06. The van der Waals surface area contributed by atoms with Gasteiger partial charge in [0.15, 0.2) is 18.1 Å². The minimum Gasteiger partial charge on any atom is -0.493 e. The normalized spacial score (nSPS) is 18.4. The lowest BCUT2D eigenvalue weighted by Gasteiger charge is -2.38. The van der Waals surface area contributed by atoms with Gasteiger partial charge >= 0.3 is 0 Å². The molecular weight excluding hydrogens is 322 g/mol. The molecule has 3 N–H and O–H groups in total. The van der Waals surface area contributed by atoms with Gasteiger partial charge in [-0.15, -0.1) is 0 Å². The third-order valence-electron chi connectivity index (χ3n) is 4.47. The van der Waals surface area contributed by atoms with E-state index >= 15 is 0 Å². The molecule has 0 unspecified atom stereocenters. The van der Waals surface area contributed by atoms with Crippen LogP contribution in [-0.4, -0.2) is 56.1 Å². The smallest absolute Gasteiger partial charge is 0.257 e. The predicted molar refractivity (Wildman–Crippen MR) is 94.9 cm³/mol. The molecule has 1 aromatic carbocycles.